The summed E-state index contributed by atoms with van der Waals surface area (Å²) in [5.41, 5.74) is 2.98. The monoisotopic (exact) mass is 601 g/mol. The predicted octanol–water partition coefficient (Wildman–Crippen LogP) is 1.88. The summed E-state index contributed by atoms with van der Waals surface area (Å²) in [5.74, 6) is -5.99. The number of pyridine rings is 1. The number of piperazine rings is 1. The van der Waals surface area contributed by atoms with Gasteiger partial charge < -0.3 is 35.2 Å². The summed E-state index contributed by atoms with van der Waals surface area (Å²) in [6.07, 6.45) is -0.662. The van der Waals surface area contributed by atoms with Crippen LogP contribution in [0.1, 0.15) is 61.0 Å². The van der Waals surface area contributed by atoms with Gasteiger partial charge in [-0.15, -0.1) is 0 Å². The largest absolute Gasteiger partial charge is 0.481 e. The molecule has 0 bridgehead atoms. The number of rotatable bonds is 11. The normalized spacial score (nSPS) is 16.6. The van der Waals surface area contributed by atoms with E-state index >= 15 is 0 Å². The van der Waals surface area contributed by atoms with Crippen LogP contribution in [-0.4, -0.2) is 98.2 Å². The first-order valence-electron chi connectivity index (χ1n) is 13.6. The molecule has 1 aliphatic carbocycles. The zero-order valence-electron chi connectivity index (χ0n) is 23.3. The highest BCUT2D eigenvalue weighted by molar-refractivity contribution is 6.05. The average molecular weight is 602 g/mol. The molecule has 4 N–H and O–H groups in total. The van der Waals surface area contributed by atoms with Crippen molar-refractivity contribution in [3.05, 3.63) is 39.6 Å². The molecule has 1 unspecified atom stereocenters. The zero-order chi connectivity index (χ0) is 31.5. The van der Waals surface area contributed by atoms with Gasteiger partial charge in [0.2, 0.25) is 11.5 Å². The number of non-ortho nitro benzene ring substituents is 1. The second kappa shape index (κ2) is 12.5. The Kier molecular flexibility index (Phi) is 8.96. The molecule has 0 spiro atoms. The number of benzene rings is 1. The highest BCUT2D eigenvalue weighted by atomic mass is 16.6. The lowest BCUT2D eigenvalue weighted by atomic mass is 9.80. The number of fused-ring (bicyclic) bond motifs is 1. The Morgan fingerprint density at radius 2 is 1.77 bits per heavy atom. The van der Waals surface area contributed by atoms with Gasteiger partial charge in [0, 0.05) is 44.7 Å². The molecule has 16 nitrogen and oxygen atoms in total. The van der Waals surface area contributed by atoms with Crippen LogP contribution in [0.4, 0.5) is 10.5 Å². The summed E-state index contributed by atoms with van der Waals surface area (Å²) in [7, 11) is 0. The van der Waals surface area contributed by atoms with Gasteiger partial charge in [-0.05, 0) is 38.7 Å². The number of aromatic nitrogens is 1. The minimum absolute atomic E-state index is 0.0423. The molecule has 1 aromatic carbocycles. The van der Waals surface area contributed by atoms with Crippen molar-refractivity contribution in [1.82, 2.24) is 14.8 Å². The van der Waals surface area contributed by atoms with Crippen molar-refractivity contribution in [1.29, 1.82) is 0 Å². The summed E-state index contributed by atoms with van der Waals surface area (Å²) < 4.78 is 11.0. The van der Waals surface area contributed by atoms with Crippen LogP contribution in [0, 0.1) is 10.1 Å². The number of nitro benzene ring substituents is 1. The Morgan fingerprint density at radius 1 is 1.12 bits per heavy atom. The van der Waals surface area contributed by atoms with Crippen molar-refractivity contribution in [2.75, 3.05) is 32.8 Å². The van der Waals surface area contributed by atoms with Crippen LogP contribution >= 0.6 is 0 Å². The van der Waals surface area contributed by atoms with Gasteiger partial charge in [-0.1, -0.05) is 0 Å². The van der Waals surface area contributed by atoms with E-state index in [9.17, 15) is 44.3 Å². The molecule has 1 saturated heterocycles. The number of primary amides is 1. The molecule has 1 aliphatic heterocycles. The van der Waals surface area contributed by atoms with Gasteiger partial charge in [0.15, 0.2) is 0 Å². The van der Waals surface area contributed by atoms with Crippen molar-refractivity contribution in [2.45, 2.75) is 50.5 Å². The molecular formula is C27H31N5O11. The number of aliphatic carboxylic acids is 2. The molecule has 230 valence electrons. The lowest BCUT2D eigenvalue weighted by Gasteiger charge is -2.39. The third kappa shape index (κ3) is 6.27. The molecule has 0 radical (unpaired) electrons. The third-order valence-corrected chi connectivity index (χ3v) is 7.65. The van der Waals surface area contributed by atoms with E-state index in [1.807, 2.05) is 0 Å². The van der Waals surface area contributed by atoms with E-state index < -0.39 is 64.0 Å². The lowest BCUT2D eigenvalue weighted by molar-refractivity contribution is -0.384. The topological polar surface area (TPSA) is 233 Å². The summed E-state index contributed by atoms with van der Waals surface area (Å²) in [6, 6.07) is 3.48. The van der Waals surface area contributed by atoms with Crippen LogP contribution in [0.15, 0.2) is 18.2 Å². The molecule has 3 amide bonds. The van der Waals surface area contributed by atoms with Crippen molar-refractivity contribution >= 4 is 46.4 Å². The Bertz CT molecular complexity index is 1480. The summed E-state index contributed by atoms with van der Waals surface area (Å²) in [4.78, 5) is 81.0. The van der Waals surface area contributed by atoms with E-state index in [-0.39, 0.29) is 74.4 Å². The highest BCUT2D eigenvalue weighted by Crippen LogP contribution is 2.43. The van der Waals surface area contributed by atoms with Crippen LogP contribution in [0.25, 0.3) is 10.9 Å². The third-order valence-electron chi connectivity index (χ3n) is 7.65. The summed E-state index contributed by atoms with van der Waals surface area (Å²) in [5, 5.41) is 30.9. The fraction of sp³-hybridized carbons (Fsp3) is 0.481. The van der Waals surface area contributed by atoms with Gasteiger partial charge in [-0.2, -0.15) is 0 Å². The van der Waals surface area contributed by atoms with Crippen molar-refractivity contribution < 1.29 is 48.6 Å². The maximum atomic E-state index is 13.9. The number of nitrogens with zero attached hydrogens (tertiary/aromatic N) is 4. The van der Waals surface area contributed by atoms with Crippen LogP contribution in [0.2, 0.25) is 0 Å². The Balaban J connectivity index is 1.85. The summed E-state index contributed by atoms with van der Waals surface area (Å²) >= 11 is 0. The number of nitrogens with two attached hydrogens (primary N) is 1. The number of nitro groups is 1. The predicted molar refractivity (Wildman–Crippen MR) is 147 cm³/mol. The molecule has 43 heavy (non-hydrogen) atoms. The number of hydrogen-bond acceptors (Lipinski definition) is 10. The van der Waals surface area contributed by atoms with Crippen LogP contribution in [0.5, 0.6) is 5.75 Å². The van der Waals surface area contributed by atoms with E-state index in [1.54, 1.807) is 6.92 Å². The van der Waals surface area contributed by atoms with Crippen LogP contribution < -0.4 is 10.5 Å². The quantitative estimate of drug-likeness (QED) is 0.247. The fourth-order valence-electron chi connectivity index (χ4n) is 5.19. The first-order valence-corrected chi connectivity index (χ1v) is 13.6. The molecule has 2 fully saturated rings. The number of carboxylic acid groups (broad SMARTS) is 2. The maximum Gasteiger partial charge on any atom is 0.409 e. The van der Waals surface area contributed by atoms with Crippen molar-refractivity contribution in [3.63, 3.8) is 0 Å². The van der Waals surface area contributed by atoms with Crippen molar-refractivity contribution in [3.8, 4) is 5.75 Å². The van der Waals surface area contributed by atoms with Gasteiger partial charge >= 0.3 is 18.0 Å². The lowest BCUT2D eigenvalue weighted by Crippen LogP contribution is -2.52. The van der Waals surface area contributed by atoms with E-state index in [0.29, 0.717) is 6.42 Å². The van der Waals surface area contributed by atoms with Gasteiger partial charge in [-0.3, -0.25) is 29.5 Å². The van der Waals surface area contributed by atoms with Crippen molar-refractivity contribution in [2.24, 2.45) is 5.73 Å². The second-order valence-electron chi connectivity index (χ2n) is 10.3. The first kappa shape index (κ1) is 30.9. The standard InChI is InChI=1S/C27H31N5O11/c1-2-42-26(39)31-12-10-30(11-13-31)24(36)16(5-7-19(33)34)21-20(23(28)35)22(43-27(25(37)38)8-3-9-27)17-14-15(32(40)41)4-6-18(17)29-21/h4,6,14,16H,2-3,5,7-13H2,1H3,(H2,28,35)(H,33,34)(H,37,38). The SMILES string of the molecule is CCOC(=O)N1CCN(C(=O)C(CCC(=O)O)c2nc3ccc([N+](=O)[O-])cc3c(OC3(C(=O)O)CCC3)c2C(N)=O)CC1. The molecule has 1 saturated carbocycles. The molecule has 4 rings (SSSR count). The number of hydrogen-bond donors (Lipinski definition) is 3. The van der Waals surface area contributed by atoms with E-state index in [1.165, 1.54) is 15.9 Å². The Hall–Kier alpha value is -5.02. The number of amides is 3. The molecule has 16 heteroatoms. The minimum atomic E-state index is -1.75. The number of ether oxygens (including phenoxy) is 2. The molecular weight excluding hydrogens is 570 g/mol. The Labute approximate surface area is 244 Å². The second-order valence-corrected chi connectivity index (χ2v) is 10.3. The van der Waals surface area contributed by atoms with Gasteiger partial charge in [-0.25, -0.2) is 9.59 Å². The smallest absolute Gasteiger partial charge is 0.409 e. The number of carbonyl (C=O) groups excluding carboxylic acids is 3. The molecule has 2 heterocycles. The Morgan fingerprint density at radius 3 is 2.28 bits per heavy atom. The van der Waals surface area contributed by atoms with Crippen LogP contribution in [0.3, 0.4) is 0 Å². The highest BCUT2D eigenvalue weighted by Gasteiger charge is 2.48. The maximum absolute atomic E-state index is 13.9. The number of carboxylic acids is 2. The van der Waals surface area contributed by atoms with Crippen LogP contribution in [-0.2, 0) is 19.1 Å². The van der Waals surface area contributed by atoms with Gasteiger partial charge in [0.05, 0.1) is 34.0 Å². The first-order chi connectivity index (χ1) is 20.4. The number of carbonyl (C=O) groups is 5. The van der Waals surface area contributed by atoms with Gasteiger partial charge in [0.1, 0.15) is 11.3 Å². The zero-order valence-corrected chi connectivity index (χ0v) is 23.3. The van der Waals surface area contributed by atoms with Gasteiger partial charge in [0.25, 0.3) is 11.6 Å². The minimum Gasteiger partial charge on any atom is -0.481 e. The molecule has 1 aromatic heterocycles. The average Bonchev–Trinajstić information content (AvgIpc) is 2.94. The molecule has 1 atom stereocenters. The molecule has 2 aliphatic rings. The van der Waals surface area contributed by atoms with E-state index in [0.717, 1.165) is 12.1 Å². The fourth-order valence-corrected chi connectivity index (χ4v) is 5.19. The summed E-state index contributed by atoms with van der Waals surface area (Å²) in [6.45, 7) is 2.29. The van der Waals surface area contributed by atoms with E-state index in [4.69, 9.17) is 15.2 Å². The molecule has 2 aromatic rings. The van der Waals surface area contributed by atoms with E-state index in [2.05, 4.69) is 4.98 Å².